The fraction of sp³-hybridized carbons (Fsp3) is 0.455. The first-order chi connectivity index (χ1) is 7.11. The van der Waals surface area contributed by atoms with Gasteiger partial charge in [-0.3, -0.25) is 4.21 Å². The van der Waals surface area contributed by atoms with Crippen molar-refractivity contribution in [2.75, 3.05) is 12.8 Å². The van der Waals surface area contributed by atoms with Crippen molar-refractivity contribution in [3.63, 3.8) is 0 Å². The van der Waals surface area contributed by atoms with Crippen LogP contribution >= 0.6 is 11.6 Å². The van der Waals surface area contributed by atoms with Gasteiger partial charge in [0.1, 0.15) is 0 Å². The molecule has 0 aromatic heterocycles. The zero-order valence-electron chi connectivity index (χ0n) is 9.00. The standard InChI is InChI=1S/C11H16ClNOS/c1-9(13-2)7-15(14)8-10-3-5-11(12)6-4-10/h3-6,9,13H,7-8H2,1-2H3. The van der Waals surface area contributed by atoms with Crippen molar-refractivity contribution in [2.45, 2.75) is 18.7 Å². The first-order valence-corrected chi connectivity index (χ1v) is 6.75. The van der Waals surface area contributed by atoms with Gasteiger partial charge in [-0.1, -0.05) is 23.7 Å². The maximum atomic E-state index is 11.7. The Labute approximate surface area is 98.5 Å². The molecule has 0 aliphatic carbocycles. The molecule has 1 aromatic carbocycles. The zero-order chi connectivity index (χ0) is 11.3. The lowest BCUT2D eigenvalue weighted by Crippen LogP contribution is -2.27. The number of hydrogen-bond acceptors (Lipinski definition) is 2. The van der Waals surface area contributed by atoms with Crippen LogP contribution in [0.25, 0.3) is 0 Å². The van der Waals surface area contributed by atoms with Gasteiger partial charge in [-0.15, -0.1) is 0 Å². The van der Waals surface area contributed by atoms with Gasteiger partial charge in [0, 0.05) is 33.4 Å². The number of rotatable bonds is 5. The SMILES string of the molecule is CNC(C)CS(=O)Cc1ccc(Cl)cc1. The Balaban J connectivity index is 2.48. The predicted molar refractivity (Wildman–Crippen MR) is 66.7 cm³/mol. The third-order valence-electron chi connectivity index (χ3n) is 2.17. The molecule has 0 amide bonds. The van der Waals surface area contributed by atoms with E-state index >= 15 is 0 Å². The molecule has 1 N–H and O–H groups in total. The molecule has 0 aliphatic rings. The van der Waals surface area contributed by atoms with Crippen LogP contribution in [0.15, 0.2) is 24.3 Å². The molecule has 2 nitrogen and oxygen atoms in total. The van der Waals surface area contributed by atoms with E-state index in [1.54, 1.807) is 0 Å². The lowest BCUT2D eigenvalue weighted by Gasteiger charge is -2.09. The Morgan fingerprint density at radius 1 is 1.40 bits per heavy atom. The van der Waals surface area contributed by atoms with Crippen molar-refractivity contribution in [3.05, 3.63) is 34.9 Å². The van der Waals surface area contributed by atoms with Gasteiger partial charge in [-0.25, -0.2) is 0 Å². The number of nitrogens with one attached hydrogen (secondary N) is 1. The minimum Gasteiger partial charge on any atom is -0.316 e. The third-order valence-corrected chi connectivity index (χ3v) is 3.95. The number of halogens is 1. The normalized spacial score (nSPS) is 14.9. The third kappa shape index (κ3) is 4.78. The molecule has 2 unspecified atom stereocenters. The van der Waals surface area contributed by atoms with E-state index in [4.69, 9.17) is 11.6 Å². The molecule has 0 radical (unpaired) electrons. The topological polar surface area (TPSA) is 29.1 Å². The molecule has 15 heavy (non-hydrogen) atoms. The van der Waals surface area contributed by atoms with Crippen LogP contribution in [0.2, 0.25) is 5.02 Å². The molecule has 0 spiro atoms. The maximum absolute atomic E-state index is 11.7. The summed E-state index contributed by atoms with van der Waals surface area (Å²) >= 11 is 5.77. The van der Waals surface area contributed by atoms with Gasteiger partial charge in [0.25, 0.3) is 0 Å². The quantitative estimate of drug-likeness (QED) is 0.862. The highest BCUT2D eigenvalue weighted by Crippen LogP contribution is 2.11. The number of benzene rings is 1. The van der Waals surface area contributed by atoms with E-state index < -0.39 is 10.8 Å². The van der Waals surface area contributed by atoms with Crippen LogP contribution in [0.1, 0.15) is 12.5 Å². The second kappa shape index (κ2) is 6.26. The molecule has 0 bridgehead atoms. The predicted octanol–water partition coefficient (Wildman–Crippen LogP) is 2.20. The molecule has 2 atom stereocenters. The van der Waals surface area contributed by atoms with E-state index in [2.05, 4.69) is 5.32 Å². The fourth-order valence-electron chi connectivity index (χ4n) is 1.19. The molecule has 0 fully saturated rings. The Kier molecular flexibility index (Phi) is 5.29. The highest BCUT2D eigenvalue weighted by molar-refractivity contribution is 7.84. The second-order valence-electron chi connectivity index (χ2n) is 3.57. The van der Waals surface area contributed by atoms with Crippen molar-refractivity contribution < 1.29 is 4.21 Å². The van der Waals surface area contributed by atoms with Crippen LogP contribution in [-0.2, 0) is 16.6 Å². The monoisotopic (exact) mass is 245 g/mol. The molecule has 0 aliphatic heterocycles. The Morgan fingerprint density at radius 2 is 2.00 bits per heavy atom. The van der Waals surface area contributed by atoms with E-state index in [-0.39, 0.29) is 6.04 Å². The van der Waals surface area contributed by atoms with Crippen LogP contribution in [0.4, 0.5) is 0 Å². The second-order valence-corrected chi connectivity index (χ2v) is 5.51. The minimum absolute atomic E-state index is 0.290. The lowest BCUT2D eigenvalue weighted by atomic mass is 10.2. The van der Waals surface area contributed by atoms with Gasteiger partial charge in [0.15, 0.2) is 0 Å². The summed E-state index contributed by atoms with van der Waals surface area (Å²) in [7, 11) is 1.07. The van der Waals surface area contributed by atoms with Gasteiger partial charge < -0.3 is 5.32 Å². The van der Waals surface area contributed by atoms with Crippen LogP contribution < -0.4 is 5.32 Å². The summed E-state index contributed by atoms with van der Waals surface area (Å²) in [6, 6.07) is 7.79. The van der Waals surface area contributed by atoms with E-state index in [9.17, 15) is 4.21 Å². The van der Waals surface area contributed by atoms with Crippen molar-refractivity contribution >= 4 is 22.4 Å². The van der Waals surface area contributed by atoms with Crippen LogP contribution in [0.5, 0.6) is 0 Å². The minimum atomic E-state index is -0.813. The average molecular weight is 246 g/mol. The highest BCUT2D eigenvalue weighted by Gasteiger charge is 2.06. The molecule has 0 saturated carbocycles. The van der Waals surface area contributed by atoms with Crippen LogP contribution in [0, 0.1) is 0 Å². The molecule has 4 heteroatoms. The molecule has 1 rings (SSSR count). The van der Waals surface area contributed by atoms with Crippen molar-refractivity contribution in [3.8, 4) is 0 Å². The Bertz CT molecular complexity index is 326. The first kappa shape index (κ1) is 12.7. The first-order valence-electron chi connectivity index (χ1n) is 4.88. The van der Waals surface area contributed by atoms with Gasteiger partial charge in [-0.05, 0) is 31.7 Å². The summed E-state index contributed by atoms with van der Waals surface area (Å²) < 4.78 is 11.7. The molecular formula is C11H16ClNOS. The van der Waals surface area contributed by atoms with E-state index in [1.165, 1.54) is 0 Å². The van der Waals surface area contributed by atoms with E-state index in [1.807, 2.05) is 38.2 Å². The zero-order valence-corrected chi connectivity index (χ0v) is 10.6. The van der Waals surface area contributed by atoms with Crippen LogP contribution in [0.3, 0.4) is 0 Å². The van der Waals surface area contributed by atoms with Crippen LogP contribution in [-0.4, -0.2) is 23.1 Å². The van der Waals surface area contributed by atoms with Gasteiger partial charge in [-0.2, -0.15) is 0 Å². The molecule has 1 aromatic rings. The van der Waals surface area contributed by atoms with Gasteiger partial charge in [0.05, 0.1) is 0 Å². The number of hydrogen-bond donors (Lipinski definition) is 1. The molecule has 84 valence electrons. The summed E-state index contributed by atoms with van der Waals surface area (Å²) in [6.07, 6.45) is 0. The van der Waals surface area contributed by atoms with Crippen molar-refractivity contribution in [2.24, 2.45) is 0 Å². The molecular weight excluding hydrogens is 230 g/mol. The van der Waals surface area contributed by atoms with Gasteiger partial charge in [0.2, 0.25) is 0 Å². The lowest BCUT2D eigenvalue weighted by molar-refractivity contribution is 0.645. The van der Waals surface area contributed by atoms with E-state index in [0.29, 0.717) is 16.5 Å². The summed E-state index contributed by atoms with van der Waals surface area (Å²) in [4.78, 5) is 0. The summed E-state index contributed by atoms with van der Waals surface area (Å²) in [5.41, 5.74) is 1.07. The average Bonchev–Trinajstić information content (AvgIpc) is 2.21. The Hall–Kier alpha value is -0.380. The molecule has 0 saturated heterocycles. The van der Waals surface area contributed by atoms with Crippen molar-refractivity contribution in [1.82, 2.24) is 5.32 Å². The molecule has 0 heterocycles. The summed E-state index contributed by atoms with van der Waals surface area (Å²) in [5.74, 6) is 1.28. The summed E-state index contributed by atoms with van der Waals surface area (Å²) in [6.45, 7) is 2.03. The summed E-state index contributed by atoms with van der Waals surface area (Å²) in [5, 5.41) is 3.79. The smallest absolute Gasteiger partial charge is 0.0486 e. The fourth-order valence-corrected chi connectivity index (χ4v) is 2.72. The maximum Gasteiger partial charge on any atom is 0.0486 e. The largest absolute Gasteiger partial charge is 0.316 e. The highest BCUT2D eigenvalue weighted by atomic mass is 35.5. The Morgan fingerprint density at radius 3 is 2.53 bits per heavy atom. The van der Waals surface area contributed by atoms with Gasteiger partial charge >= 0.3 is 0 Å². The van der Waals surface area contributed by atoms with E-state index in [0.717, 1.165) is 5.56 Å². The van der Waals surface area contributed by atoms with Crippen molar-refractivity contribution in [1.29, 1.82) is 0 Å².